The quantitative estimate of drug-likeness (QED) is 0.673. The highest BCUT2D eigenvalue weighted by atomic mass is 19.1. The second kappa shape index (κ2) is 6.17. The lowest BCUT2D eigenvalue weighted by molar-refractivity contribution is 0.0955. The van der Waals surface area contributed by atoms with Crippen LogP contribution in [-0.2, 0) is 0 Å². The monoisotopic (exact) mass is 286 g/mol. The fourth-order valence-electron chi connectivity index (χ4n) is 1.90. The van der Waals surface area contributed by atoms with Crippen LogP contribution in [0.15, 0.2) is 41.5 Å². The summed E-state index contributed by atoms with van der Waals surface area (Å²) in [5.74, 6) is -0.564. The molecule has 0 spiro atoms. The third-order valence-electron chi connectivity index (χ3n) is 3.00. The van der Waals surface area contributed by atoms with Crippen LogP contribution in [0.1, 0.15) is 27.0 Å². The summed E-state index contributed by atoms with van der Waals surface area (Å²) < 4.78 is 12.7. The minimum atomic E-state index is -0.418. The molecular formula is C16H15FN2O2. The number of phenols is 1. The number of phenolic OH excluding ortho intramolecular Hbond substituents is 1. The first-order chi connectivity index (χ1) is 9.97. The Labute approximate surface area is 121 Å². The molecule has 21 heavy (non-hydrogen) atoms. The molecule has 2 N–H and O–H groups in total. The number of hydrogen-bond donors (Lipinski definition) is 2. The molecule has 0 atom stereocenters. The Bertz CT molecular complexity index is 671. The number of rotatable bonds is 3. The first-order valence-electron chi connectivity index (χ1n) is 6.36. The van der Waals surface area contributed by atoms with Crippen LogP contribution in [0.2, 0.25) is 0 Å². The van der Waals surface area contributed by atoms with Gasteiger partial charge in [-0.15, -0.1) is 0 Å². The first kappa shape index (κ1) is 14.7. The number of hydrogen-bond acceptors (Lipinski definition) is 3. The van der Waals surface area contributed by atoms with Crippen molar-refractivity contribution in [2.75, 3.05) is 0 Å². The molecular weight excluding hydrogens is 271 g/mol. The Kier molecular flexibility index (Phi) is 4.33. The van der Waals surface area contributed by atoms with Crippen LogP contribution < -0.4 is 5.43 Å². The standard InChI is InChI=1S/C16H15FN2O2/c1-10-7-12(8-11(2)15(10)20)9-18-19-16(21)13-3-5-14(17)6-4-13/h3-9,20H,1-2H3,(H,19,21)/b18-9-. The summed E-state index contributed by atoms with van der Waals surface area (Å²) in [5, 5.41) is 13.5. The predicted molar refractivity (Wildman–Crippen MR) is 79.0 cm³/mol. The van der Waals surface area contributed by atoms with E-state index >= 15 is 0 Å². The van der Waals surface area contributed by atoms with Gasteiger partial charge in [-0.2, -0.15) is 5.10 Å². The van der Waals surface area contributed by atoms with Crippen molar-refractivity contribution in [2.45, 2.75) is 13.8 Å². The van der Waals surface area contributed by atoms with Crippen molar-refractivity contribution in [2.24, 2.45) is 5.10 Å². The molecule has 0 bridgehead atoms. The topological polar surface area (TPSA) is 61.7 Å². The molecule has 0 aliphatic rings. The number of nitrogens with zero attached hydrogens (tertiary/aromatic N) is 1. The molecule has 0 unspecified atom stereocenters. The molecule has 0 aliphatic heterocycles. The van der Waals surface area contributed by atoms with E-state index in [2.05, 4.69) is 10.5 Å². The van der Waals surface area contributed by atoms with Gasteiger partial charge in [-0.3, -0.25) is 4.79 Å². The smallest absolute Gasteiger partial charge is 0.271 e. The number of carbonyl (C=O) groups is 1. The molecule has 0 saturated carbocycles. The zero-order valence-electron chi connectivity index (χ0n) is 11.7. The summed E-state index contributed by atoms with van der Waals surface area (Å²) in [5.41, 5.74) is 4.93. The van der Waals surface area contributed by atoms with E-state index in [-0.39, 0.29) is 5.75 Å². The summed E-state index contributed by atoms with van der Waals surface area (Å²) >= 11 is 0. The summed E-state index contributed by atoms with van der Waals surface area (Å²) in [4.78, 5) is 11.7. The number of benzene rings is 2. The maximum absolute atomic E-state index is 12.7. The van der Waals surface area contributed by atoms with Crippen LogP contribution >= 0.6 is 0 Å². The second-order valence-electron chi connectivity index (χ2n) is 4.71. The highest BCUT2D eigenvalue weighted by molar-refractivity contribution is 5.94. The van der Waals surface area contributed by atoms with Gasteiger partial charge in [0.05, 0.1) is 6.21 Å². The van der Waals surface area contributed by atoms with E-state index in [1.54, 1.807) is 26.0 Å². The number of aryl methyl sites for hydroxylation is 2. The minimum Gasteiger partial charge on any atom is -0.507 e. The molecule has 2 aromatic carbocycles. The molecule has 0 saturated heterocycles. The van der Waals surface area contributed by atoms with E-state index < -0.39 is 11.7 Å². The zero-order chi connectivity index (χ0) is 15.4. The molecule has 0 heterocycles. The number of amides is 1. The highest BCUT2D eigenvalue weighted by Gasteiger charge is 2.04. The van der Waals surface area contributed by atoms with Crippen molar-refractivity contribution in [3.05, 3.63) is 64.5 Å². The van der Waals surface area contributed by atoms with Gasteiger partial charge in [-0.1, -0.05) is 0 Å². The van der Waals surface area contributed by atoms with Crippen LogP contribution in [0.5, 0.6) is 5.75 Å². The van der Waals surface area contributed by atoms with Crippen molar-refractivity contribution < 1.29 is 14.3 Å². The van der Waals surface area contributed by atoms with Crippen LogP contribution in [-0.4, -0.2) is 17.2 Å². The summed E-state index contributed by atoms with van der Waals surface area (Å²) in [7, 11) is 0. The fourth-order valence-corrected chi connectivity index (χ4v) is 1.90. The van der Waals surface area contributed by atoms with Crippen LogP contribution in [0.3, 0.4) is 0 Å². The van der Waals surface area contributed by atoms with Gasteiger partial charge in [0.25, 0.3) is 5.91 Å². The Balaban J connectivity index is 2.05. The van der Waals surface area contributed by atoms with E-state index in [4.69, 9.17) is 0 Å². The van der Waals surface area contributed by atoms with Crippen molar-refractivity contribution in [1.29, 1.82) is 0 Å². The molecule has 108 valence electrons. The fraction of sp³-hybridized carbons (Fsp3) is 0.125. The van der Waals surface area contributed by atoms with Crippen molar-refractivity contribution >= 4 is 12.1 Å². The third-order valence-corrected chi connectivity index (χ3v) is 3.00. The molecule has 0 radical (unpaired) electrons. The molecule has 2 aromatic rings. The van der Waals surface area contributed by atoms with Gasteiger partial charge in [0.1, 0.15) is 11.6 Å². The lowest BCUT2D eigenvalue weighted by Crippen LogP contribution is -2.17. The van der Waals surface area contributed by atoms with Gasteiger partial charge in [0.15, 0.2) is 0 Å². The van der Waals surface area contributed by atoms with Crippen molar-refractivity contribution in [1.82, 2.24) is 5.43 Å². The van der Waals surface area contributed by atoms with Crippen molar-refractivity contribution in [3.63, 3.8) is 0 Å². The second-order valence-corrected chi connectivity index (χ2v) is 4.71. The number of aromatic hydroxyl groups is 1. The molecule has 0 aromatic heterocycles. The summed E-state index contributed by atoms with van der Waals surface area (Å²) in [6.07, 6.45) is 1.49. The maximum Gasteiger partial charge on any atom is 0.271 e. The maximum atomic E-state index is 12.7. The van der Waals surface area contributed by atoms with E-state index in [9.17, 15) is 14.3 Å². The average molecular weight is 286 g/mol. The lowest BCUT2D eigenvalue weighted by atomic mass is 10.1. The summed E-state index contributed by atoms with van der Waals surface area (Å²) in [6.45, 7) is 3.58. The molecule has 5 heteroatoms. The highest BCUT2D eigenvalue weighted by Crippen LogP contribution is 2.21. The van der Waals surface area contributed by atoms with Gasteiger partial charge < -0.3 is 5.11 Å². The zero-order valence-corrected chi connectivity index (χ0v) is 11.7. The Hall–Kier alpha value is -2.69. The van der Waals surface area contributed by atoms with Crippen LogP contribution in [0.4, 0.5) is 4.39 Å². The van der Waals surface area contributed by atoms with E-state index in [1.165, 1.54) is 30.5 Å². The Morgan fingerprint density at radius 3 is 2.33 bits per heavy atom. The molecule has 1 amide bonds. The Morgan fingerprint density at radius 1 is 1.19 bits per heavy atom. The van der Waals surface area contributed by atoms with Gasteiger partial charge in [-0.25, -0.2) is 9.82 Å². The van der Waals surface area contributed by atoms with Gasteiger partial charge >= 0.3 is 0 Å². The Morgan fingerprint density at radius 2 is 1.76 bits per heavy atom. The van der Waals surface area contributed by atoms with Gasteiger partial charge in [0, 0.05) is 5.56 Å². The largest absolute Gasteiger partial charge is 0.507 e. The molecule has 4 nitrogen and oxygen atoms in total. The molecule has 0 aliphatic carbocycles. The third kappa shape index (κ3) is 3.66. The van der Waals surface area contributed by atoms with E-state index in [0.717, 1.165) is 16.7 Å². The first-order valence-corrected chi connectivity index (χ1v) is 6.36. The van der Waals surface area contributed by atoms with E-state index in [0.29, 0.717) is 5.56 Å². The minimum absolute atomic E-state index is 0.252. The van der Waals surface area contributed by atoms with Crippen LogP contribution in [0, 0.1) is 19.7 Å². The van der Waals surface area contributed by atoms with Gasteiger partial charge in [-0.05, 0) is 66.9 Å². The summed E-state index contributed by atoms with van der Waals surface area (Å²) in [6, 6.07) is 8.71. The van der Waals surface area contributed by atoms with Crippen LogP contribution in [0.25, 0.3) is 0 Å². The number of hydrazone groups is 1. The lowest BCUT2D eigenvalue weighted by Gasteiger charge is -2.04. The van der Waals surface area contributed by atoms with Crippen molar-refractivity contribution in [3.8, 4) is 5.75 Å². The molecule has 0 fully saturated rings. The number of halogens is 1. The predicted octanol–water partition coefficient (Wildman–Crippen LogP) is 2.91. The normalized spacial score (nSPS) is 10.8. The SMILES string of the molecule is Cc1cc(/C=N\NC(=O)c2ccc(F)cc2)cc(C)c1O. The van der Waals surface area contributed by atoms with Gasteiger partial charge in [0.2, 0.25) is 0 Å². The number of carbonyl (C=O) groups excluding carboxylic acids is 1. The average Bonchev–Trinajstić information content (AvgIpc) is 2.45. The molecule has 2 rings (SSSR count). The number of nitrogens with one attached hydrogen (secondary N) is 1. The van der Waals surface area contributed by atoms with E-state index in [1.807, 2.05) is 0 Å².